The fraction of sp³-hybridized carbons (Fsp3) is 0.882. The van der Waals surface area contributed by atoms with Gasteiger partial charge in [-0.05, 0) is 39.0 Å². The zero-order valence-electron chi connectivity index (χ0n) is 17.3. The molecule has 0 bridgehead atoms. The zero-order valence-corrected chi connectivity index (χ0v) is 18.1. The number of halogens is 7. The van der Waals surface area contributed by atoms with Crippen LogP contribution in [0.2, 0.25) is 0 Å². The Hall–Kier alpha value is -1.68. The Morgan fingerprint density at radius 1 is 1.03 bits per heavy atom. The van der Waals surface area contributed by atoms with Crippen LogP contribution in [0, 0.1) is 0 Å². The molecule has 0 radical (unpaired) electrons. The van der Waals surface area contributed by atoms with Crippen LogP contribution in [0.3, 0.4) is 0 Å². The van der Waals surface area contributed by atoms with Gasteiger partial charge in [0, 0.05) is 6.42 Å². The highest BCUT2D eigenvalue weighted by molar-refractivity contribution is 7.80. The summed E-state index contributed by atoms with van der Waals surface area (Å²) in [5.74, 6) is -11.7. The molecule has 1 saturated carbocycles. The summed E-state index contributed by atoms with van der Waals surface area (Å²) < 4.78 is 131. The third-order valence-electron chi connectivity index (χ3n) is 4.55. The van der Waals surface area contributed by atoms with E-state index in [0.717, 1.165) is 13.3 Å². The first-order chi connectivity index (χ1) is 15.1. The van der Waals surface area contributed by atoms with E-state index >= 15 is 0 Å². The number of esters is 1. The monoisotopic (exact) mass is 520 g/mol. The van der Waals surface area contributed by atoms with Crippen molar-refractivity contribution < 1.29 is 68.0 Å². The minimum Gasteiger partial charge on any atom is -0.461 e. The lowest BCUT2D eigenvalue weighted by molar-refractivity contribution is -0.354. The van der Waals surface area contributed by atoms with Crippen LogP contribution in [0.5, 0.6) is 0 Å². The topological polar surface area (TPSA) is 108 Å². The molecule has 1 fully saturated rings. The largest absolute Gasteiger partial charge is 0.511 e. The van der Waals surface area contributed by atoms with E-state index in [-0.39, 0.29) is 0 Å². The quantitative estimate of drug-likeness (QED) is 0.139. The Morgan fingerprint density at radius 2 is 1.61 bits per heavy atom. The Labute approximate surface area is 186 Å². The van der Waals surface area contributed by atoms with Gasteiger partial charge in [-0.25, -0.2) is 13.8 Å². The van der Waals surface area contributed by atoms with Crippen LogP contribution in [0.25, 0.3) is 0 Å². The average molecular weight is 520 g/mol. The molecule has 2 atom stereocenters. The summed E-state index contributed by atoms with van der Waals surface area (Å²) in [4.78, 5) is 24.0. The van der Waals surface area contributed by atoms with Crippen molar-refractivity contribution in [2.75, 3.05) is 13.2 Å². The van der Waals surface area contributed by atoms with Gasteiger partial charge in [-0.15, -0.1) is 0 Å². The summed E-state index contributed by atoms with van der Waals surface area (Å²) in [5, 5.41) is -5.39. The average Bonchev–Trinajstić information content (AvgIpc) is 2.69. The number of hydrogen-bond acceptors (Lipinski definition) is 7. The van der Waals surface area contributed by atoms with Crippen molar-refractivity contribution in [2.45, 2.75) is 81.1 Å². The van der Waals surface area contributed by atoms with Crippen molar-refractivity contribution in [3.05, 3.63) is 0 Å². The number of hydrogen-bond donors (Lipinski definition) is 1. The molecule has 1 aliphatic carbocycles. The molecule has 1 N–H and O–H groups in total. The SMILES string of the molecule is CCOC(=O)C(OCCCC(F)(F)C(F)(F)S(=O)O)(OC(=O)OC1CCCCC1)C(F)(F)F. The van der Waals surface area contributed by atoms with E-state index in [9.17, 15) is 44.5 Å². The van der Waals surface area contributed by atoms with Gasteiger partial charge >= 0.3 is 35.3 Å². The summed E-state index contributed by atoms with van der Waals surface area (Å²) in [6, 6.07) is 0. The van der Waals surface area contributed by atoms with Crippen molar-refractivity contribution in [1.29, 1.82) is 0 Å². The number of carbonyl (C=O) groups excluding carboxylic acids is 2. The molecule has 0 aromatic rings. The van der Waals surface area contributed by atoms with Gasteiger partial charge in [-0.2, -0.15) is 30.7 Å². The third kappa shape index (κ3) is 7.40. The normalized spacial score (nSPS) is 18.8. The van der Waals surface area contributed by atoms with Crippen molar-refractivity contribution >= 4 is 23.2 Å². The first kappa shape index (κ1) is 29.4. The van der Waals surface area contributed by atoms with E-state index in [0.29, 0.717) is 25.7 Å². The summed E-state index contributed by atoms with van der Waals surface area (Å²) in [7, 11) is 0. The molecule has 0 heterocycles. The fourth-order valence-electron chi connectivity index (χ4n) is 2.86. The van der Waals surface area contributed by atoms with Gasteiger partial charge in [0.2, 0.25) is 11.1 Å². The van der Waals surface area contributed by atoms with Crippen molar-refractivity contribution in [3.63, 3.8) is 0 Å². The van der Waals surface area contributed by atoms with Crippen molar-refractivity contribution in [2.24, 2.45) is 0 Å². The summed E-state index contributed by atoms with van der Waals surface area (Å²) in [6.07, 6.45) is -8.87. The molecule has 1 aliphatic rings. The van der Waals surface area contributed by atoms with E-state index in [4.69, 9.17) is 9.29 Å². The lowest BCUT2D eigenvalue weighted by Gasteiger charge is -2.32. The molecule has 2 unspecified atom stereocenters. The molecule has 0 spiro atoms. The van der Waals surface area contributed by atoms with Gasteiger partial charge < -0.3 is 23.5 Å². The molecule has 16 heteroatoms. The molecule has 33 heavy (non-hydrogen) atoms. The van der Waals surface area contributed by atoms with E-state index in [1.54, 1.807) is 0 Å². The molecule has 194 valence electrons. The second-order valence-electron chi connectivity index (χ2n) is 6.99. The first-order valence-corrected chi connectivity index (χ1v) is 10.9. The highest BCUT2D eigenvalue weighted by Crippen LogP contribution is 2.41. The van der Waals surface area contributed by atoms with E-state index in [1.165, 1.54) is 0 Å². The Kier molecular flexibility index (Phi) is 10.4. The van der Waals surface area contributed by atoms with Crippen LogP contribution in [0.15, 0.2) is 0 Å². The Morgan fingerprint density at radius 3 is 2.09 bits per heavy atom. The van der Waals surface area contributed by atoms with E-state index in [1.807, 2.05) is 0 Å². The second kappa shape index (κ2) is 11.6. The third-order valence-corrected chi connectivity index (χ3v) is 5.28. The molecule has 8 nitrogen and oxygen atoms in total. The first-order valence-electron chi connectivity index (χ1n) is 9.75. The minimum absolute atomic E-state index is 0.337. The van der Waals surface area contributed by atoms with Gasteiger partial charge in [-0.1, -0.05) is 6.42 Å². The molecular formula is C17H23F7O8S. The van der Waals surface area contributed by atoms with Gasteiger partial charge in [0.15, 0.2) is 0 Å². The zero-order chi connectivity index (χ0) is 25.5. The summed E-state index contributed by atoms with van der Waals surface area (Å²) in [5.41, 5.74) is 0. The van der Waals surface area contributed by atoms with Gasteiger partial charge in [-0.3, -0.25) is 0 Å². The Bertz CT molecular complexity index is 697. The van der Waals surface area contributed by atoms with Crippen LogP contribution in [-0.2, 0) is 34.8 Å². The second-order valence-corrected chi connectivity index (χ2v) is 8.00. The number of rotatable bonds is 11. The predicted molar refractivity (Wildman–Crippen MR) is 95.7 cm³/mol. The molecule has 0 aliphatic heterocycles. The maximum Gasteiger partial charge on any atom is 0.511 e. The summed E-state index contributed by atoms with van der Waals surface area (Å²) >= 11 is -4.27. The Balaban J connectivity index is 2.98. The lowest BCUT2D eigenvalue weighted by atomic mass is 9.98. The smallest absolute Gasteiger partial charge is 0.461 e. The van der Waals surface area contributed by atoms with Gasteiger partial charge in [0.25, 0.3) is 0 Å². The predicted octanol–water partition coefficient (Wildman–Crippen LogP) is 4.54. The molecule has 0 aromatic heterocycles. The number of alkyl halides is 7. The van der Waals surface area contributed by atoms with Crippen molar-refractivity contribution in [1.82, 2.24) is 0 Å². The van der Waals surface area contributed by atoms with Gasteiger partial charge in [0.05, 0.1) is 13.2 Å². The molecular weight excluding hydrogens is 497 g/mol. The van der Waals surface area contributed by atoms with Crippen LogP contribution in [-0.4, -0.2) is 63.3 Å². The molecule has 0 aromatic carbocycles. The van der Waals surface area contributed by atoms with Crippen LogP contribution >= 0.6 is 0 Å². The lowest BCUT2D eigenvalue weighted by Crippen LogP contribution is -2.58. The maximum absolute atomic E-state index is 13.7. The molecule has 0 saturated heterocycles. The molecule has 1 rings (SSSR count). The van der Waals surface area contributed by atoms with Crippen LogP contribution < -0.4 is 0 Å². The standard InChI is InChI=1S/C17H23F7O8S/c1-2-29-12(25)15(16(20,21)22,32-13(26)31-11-7-4-3-5-8-11)30-10-6-9-14(18,19)17(23,24)33(27)28/h11H,2-10H2,1H3,(H,27,28). The van der Waals surface area contributed by atoms with E-state index in [2.05, 4.69) is 14.2 Å². The highest BCUT2D eigenvalue weighted by atomic mass is 32.2. The fourth-order valence-corrected chi connectivity index (χ4v) is 3.21. The highest BCUT2D eigenvalue weighted by Gasteiger charge is 2.68. The van der Waals surface area contributed by atoms with Crippen molar-refractivity contribution in [3.8, 4) is 0 Å². The maximum atomic E-state index is 13.7. The summed E-state index contributed by atoms with van der Waals surface area (Å²) in [6.45, 7) is -0.941. The minimum atomic E-state index is -5.77. The molecule has 0 amide bonds. The van der Waals surface area contributed by atoms with Gasteiger partial charge in [0.1, 0.15) is 6.10 Å². The van der Waals surface area contributed by atoms with Crippen LogP contribution in [0.4, 0.5) is 35.5 Å². The van der Waals surface area contributed by atoms with Crippen LogP contribution in [0.1, 0.15) is 51.9 Å². The number of carbonyl (C=O) groups is 2. The number of ether oxygens (including phenoxy) is 4. The van der Waals surface area contributed by atoms with E-state index < -0.39 is 78.5 Å².